The number of nitrogens with one attached hydrogen (secondary N) is 2. The number of fused-ring (bicyclic) bond motifs is 1. The maximum Gasteiger partial charge on any atom is 0.206 e. The van der Waals surface area contributed by atoms with Gasteiger partial charge >= 0.3 is 0 Å². The van der Waals surface area contributed by atoms with Crippen LogP contribution in [0.5, 0.6) is 0 Å². The van der Waals surface area contributed by atoms with Gasteiger partial charge in [-0.15, -0.1) is 10.2 Å². The molecular weight excluding hydrogens is 389 g/mol. The highest BCUT2D eigenvalue weighted by Crippen LogP contribution is 2.42. The van der Waals surface area contributed by atoms with Gasteiger partial charge in [0.2, 0.25) is 5.13 Å². The van der Waals surface area contributed by atoms with Gasteiger partial charge < -0.3 is 15.7 Å². The molecule has 3 N–H and O–H groups in total. The third-order valence-electron chi connectivity index (χ3n) is 5.76. The third kappa shape index (κ3) is 3.84. The van der Waals surface area contributed by atoms with Crippen molar-refractivity contribution in [1.29, 1.82) is 0 Å². The molecule has 0 spiro atoms. The maximum atomic E-state index is 13.8. The van der Waals surface area contributed by atoms with Gasteiger partial charge in [0.15, 0.2) is 5.01 Å². The maximum absolute atomic E-state index is 13.8. The van der Waals surface area contributed by atoms with Crippen LogP contribution >= 0.6 is 11.3 Å². The van der Waals surface area contributed by atoms with Crippen LogP contribution in [0, 0.1) is 6.92 Å². The number of β-amino-alcohol motifs (C(OH)–C–C–N with tert-alkyl or cyclic N) is 1. The van der Waals surface area contributed by atoms with Crippen molar-refractivity contribution < 1.29 is 9.50 Å². The molecule has 0 radical (unpaired) electrons. The molecule has 2 atom stereocenters. The summed E-state index contributed by atoms with van der Waals surface area (Å²) < 4.78 is 13.8. The highest BCUT2D eigenvalue weighted by molar-refractivity contribution is 7.18. The molecule has 2 unspecified atom stereocenters. The van der Waals surface area contributed by atoms with Gasteiger partial charge in [-0.2, -0.15) is 0 Å². The quantitative estimate of drug-likeness (QED) is 0.573. The fourth-order valence-corrected chi connectivity index (χ4v) is 4.72. The molecule has 0 bridgehead atoms. The first kappa shape index (κ1) is 18.8. The second-order valence-corrected chi connectivity index (χ2v) is 9.07. The Morgan fingerprint density at radius 3 is 2.86 bits per heavy atom. The largest absolute Gasteiger partial charge is 0.392 e. The number of anilines is 1. The average molecular weight is 414 g/mol. The van der Waals surface area contributed by atoms with Crippen LogP contribution in [0.1, 0.15) is 41.9 Å². The Bertz CT molecular complexity index is 1050. The molecule has 29 heavy (non-hydrogen) atoms. The van der Waals surface area contributed by atoms with Crippen molar-refractivity contribution >= 4 is 27.4 Å². The first-order chi connectivity index (χ1) is 14.1. The minimum absolute atomic E-state index is 0.228. The number of aliphatic hydroxyl groups excluding tert-OH is 1. The standard InChI is InChI=1S/C21H24FN5OS/c1-11-4-18(20-26-27-21(29-20)24-9-15-7-16(28)10-23-15)25-19-14(8-22)5-13(6-17(11)19)12-2-3-12/h4-6,12,15-16,23,28H,2-3,7-10H2,1H3,(H,24,27). The minimum atomic E-state index is -0.518. The topological polar surface area (TPSA) is 83.0 Å². The molecule has 1 aliphatic carbocycles. The van der Waals surface area contributed by atoms with Gasteiger partial charge in [0, 0.05) is 30.1 Å². The Morgan fingerprint density at radius 2 is 2.14 bits per heavy atom. The van der Waals surface area contributed by atoms with E-state index < -0.39 is 6.67 Å². The number of halogens is 1. The zero-order chi connectivity index (χ0) is 20.0. The molecule has 6 nitrogen and oxygen atoms in total. The molecule has 8 heteroatoms. The number of nitrogens with zero attached hydrogens (tertiary/aromatic N) is 3. The van der Waals surface area contributed by atoms with E-state index in [0.717, 1.165) is 33.7 Å². The van der Waals surface area contributed by atoms with Crippen molar-refractivity contribution in [2.75, 3.05) is 18.4 Å². The van der Waals surface area contributed by atoms with Crippen molar-refractivity contribution in [1.82, 2.24) is 20.5 Å². The fraction of sp³-hybridized carbons (Fsp3) is 0.476. The lowest BCUT2D eigenvalue weighted by molar-refractivity contribution is 0.193. The average Bonchev–Trinajstić information content (AvgIpc) is 3.32. The molecule has 2 aromatic heterocycles. The Hall–Kier alpha value is -2.16. The van der Waals surface area contributed by atoms with Gasteiger partial charge in [0.05, 0.1) is 11.6 Å². The molecule has 5 rings (SSSR count). The van der Waals surface area contributed by atoms with E-state index in [1.54, 1.807) is 0 Å². The molecule has 2 aliphatic rings. The van der Waals surface area contributed by atoms with Crippen LogP contribution in [0.3, 0.4) is 0 Å². The van der Waals surface area contributed by atoms with Gasteiger partial charge in [-0.1, -0.05) is 17.4 Å². The summed E-state index contributed by atoms with van der Waals surface area (Å²) in [6.07, 6.45) is 2.84. The van der Waals surface area contributed by atoms with Crippen molar-refractivity contribution in [3.63, 3.8) is 0 Å². The van der Waals surface area contributed by atoms with Gasteiger partial charge in [0.1, 0.15) is 12.4 Å². The number of hydrogen-bond donors (Lipinski definition) is 3. The van der Waals surface area contributed by atoms with Crippen molar-refractivity contribution in [2.45, 2.75) is 50.9 Å². The number of hydrogen-bond acceptors (Lipinski definition) is 7. The first-order valence-corrected chi connectivity index (χ1v) is 10.9. The van der Waals surface area contributed by atoms with E-state index in [1.165, 1.54) is 29.7 Å². The van der Waals surface area contributed by atoms with Crippen LogP contribution in [-0.4, -0.2) is 45.5 Å². The number of pyridine rings is 1. The van der Waals surface area contributed by atoms with Crippen molar-refractivity contribution in [3.8, 4) is 10.7 Å². The SMILES string of the molecule is Cc1cc(-c2nnc(NCC3CC(O)CN3)s2)nc2c(CF)cc(C3CC3)cc12. The van der Waals surface area contributed by atoms with Crippen LogP contribution in [0.15, 0.2) is 18.2 Å². The monoisotopic (exact) mass is 413 g/mol. The Morgan fingerprint density at radius 1 is 1.28 bits per heavy atom. The summed E-state index contributed by atoms with van der Waals surface area (Å²) >= 11 is 1.44. The molecule has 1 saturated carbocycles. The number of aliphatic hydroxyl groups is 1. The third-order valence-corrected chi connectivity index (χ3v) is 6.66. The summed E-state index contributed by atoms with van der Waals surface area (Å²) in [5.74, 6) is 0.580. The number of benzene rings is 1. The molecular formula is C21H24FN5OS. The van der Waals surface area contributed by atoms with E-state index in [0.29, 0.717) is 29.6 Å². The number of alkyl halides is 1. The zero-order valence-electron chi connectivity index (χ0n) is 16.3. The second-order valence-electron chi connectivity index (χ2n) is 8.10. The van der Waals surface area contributed by atoms with E-state index in [9.17, 15) is 9.50 Å². The minimum Gasteiger partial charge on any atom is -0.392 e. The fourth-order valence-electron chi connectivity index (χ4n) is 4.01. The summed E-state index contributed by atoms with van der Waals surface area (Å²) in [5, 5.41) is 27.1. The highest BCUT2D eigenvalue weighted by atomic mass is 32.1. The first-order valence-electron chi connectivity index (χ1n) is 10.1. The van der Waals surface area contributed by atoms with Crippen LogP contribution < -0.4 is 10.6 Å². The highest BCUT2D eigenvalue weighted by Gasteiger charge is 2.25. The molecule has 1 aromatic carbocycles. The van der Waals surface area contributed by atoms with Crippen LogP contribution in [0.4, 0.5) is 9.52 Å². The van der Waals surface area contributed by atoms with Crippen LogP contribution in [0.25, 0.3) is 21.6 Å². The van der Waals surface area contributed by atoms with E-state index in [1.807, 2.05) is 19.1 Å². The normalized spacial score (nSPS) is 21.8. The van der Waals surface area contributed by atoms with Gasteiger partial charge in [-0.3, -0.25) is 0 Å². The van der Waals surface area contributed by atoms with Crippen molar-refractivity contribution in [3.05, 3.63) is 34.9 Å². The van der Waals surface area contributed by atoms with Gasteiger partial charge in [-0.25, -0.2) is 9.37 Å². The van der Waals surface area contributed by atoms with E-state index in [2.05, 4.69) is 26.9 Å². The lowest BCUT2D eigenvalue weighted by atomic mass is 9.99. The van der Waals surface area contributed by atoms with Crippen LogP contribution in [0.2, 0.25) is 0 Å². The summed E-state index contributed by atoms with van der Waals surface area (Å²) in [7, 11) is 0. The lowest BCUT2D eigenvalue weighted by Crippen LogP contribution is -2.29. The number of aryl methyl sites for hydroxylation is 1. The smallest absolute Gasteiger partial charge is 0.206 e. The molecule has 1 saturated heterocycles. The summed E-state index contributed by atoms with van der Waals surface area (Å²) in [6.45, 7) is 2.85. The molecule has 3 heterocycles. The molecule has 1 aliphatic heterocycles. The molecule has 3 aromatic rings. The molecule has 152 valence electrons. The summed E-state index contributed by atoms with van der Waals surface area (Å²) in [5.41, 5.74) is 4.42. The molecule has 2 fully saturated rings. The van der Waals surface area contributed by atoms with Crippen LogP contribution in [-0.2, 0) is 6.67 Å². The van der Waals surface area contributed by atoms with E-state index >= 15 is 0 Å². The predicted octanol–water partition coefficient (Wildman–Crippen LogP) is 3.54. The predicted molar refractivity (Wildman–Crippen MR) is 113 cm³/mol. The summed E-state index contributed by atoms with van der Waals surface area (Å²) in [4.78, 5) is 4.75. The lowest BCUT2D eigenvalue weighted by Gasteiger charge is -2.11. The Labute approximate surface area is 172 Å². The number of rotatable bonds is 6. The van der Waals surface area contributed by atoms with Crippen molar-refractivity contribution in [2.24, 2.45) is 0 Å². The zero-order valence-corrected chi connectivity index (χ0v) is 17.1. The Balaban J connectivity index is 1.41. The number of aromatic nitrogens is 3. The van der Waals surface area contributed by atoms with Gasteiger partial charge in [-0.05, 0) is 55.4 Å². The van der Waals surface area contributed by atoms with E-state index in [4.69, 9.17) is 4.98 Å². The van der Waals surface area contributed by atoms with Gasteiger partial charge in [0.25, 0.3) is 0 Å². The van der Waals surface area contributed by atoms with E-state index in [-0.39, 0.29) is 12.1 Å². The second kappa shape index (κ2) is 7.59. The summed E-state index contributed by atoms with van der Waals surface area (Å²) in [6, 6.07) is 6.40. The Kier molecular flexibility index (Phi) is 4.93. The molecule has 0 amide bonds.